The fraction of sp³-hybridized carbons (Fsp3) is 0.250. The predicted molar refractivity (Wildman–Crippen MR) is 60.4 cm³/mol. The molecule has 0 amide bonds. The minimum Gasteiger partial charge on any atom is -0.326 e. The lowest BCUT2D eigenvalue weighted by atomic mass is 10.1. The average Bonchev–Trinajstić information content (AvgIpc) is 2.69. The lowest BCUT2D eigenvalue weighted by Crippen LogP contribution is -2.01. The molecule has 0 atom stereocenters. The summed E-state index contributed by atoms with van der Waals surface area (Å²) in [4.78, 5) is 0. The van der Waals surface area contributed by atoms with Gasteiger partial charge in [-0.15, -0.1) is 0 Å². The lowest BCUT2D eigenvalue weighted by Gasteiger charge is -2.04. The van der Waals surface area contributed by atoms with Gasteiger partial charge in [0.15, 0.2) is 0 Å². The summed E-state index contributed by atoms with van der Waals surface area (Å²) in [6.45, 7) is 3.48. The van der Waals surface area contributed by atoms with Crippen LogP contribution in [-0.4, -0.2) is 9.78 Å². The number of aromatic nitrogens is 2. The van der Waals surface area contributed by atoms with Crippen molar-refractivity contribution >= 4 is 0 Å². The molecule has 0 saturated carbocycles. The van der Waals surface area contributed by atoms with E-state index in [9.17, 15) is 0 Å². The van der Waals surface area contributed by atoms with E-state index in [1.54, 1.807) is 0 Å². The third-order valence-electron chi connectivity index (χ3n) is 2.52. The second-order valence-corrected chi connectivity index (χ2v) is 3.68. The summed E-state index contributed by atoms with van der Waals surface area (Å²) in [5.41, 5.74) is 9.20. The molecule has 0 spiro atoms. The topological polar surface area (TPSA) is 43.8 Å². The van der Waals surface area contributed by atoms with Crippen LogP contribution in [0.15, 0.2) is 36.7 Å². The standard InChI is InChI=1S/C12H15N3/c1-10-4-2-3-5-12(10)9-15-8-11(6-13)7-14-15/h2-5,7-8H,6,9,13H2,1H3. The van der Waals surface area contributed by atoms with Crippen molar-refractivity contribution in [1.29, 1.82) is 0 Å². The van der Waals surface area contributed by atoms with Gasteiger partial charge in [-0.05, 0) is 18.1 Å². The minimum atomic E-state index is 0.549. The quantitative estimate of drug-likeness (QED) is 0.821. The summed E-state index contributed by atoms with van der Waals surface area (Å²) in [7, 11) is 0. The van der Waals surface area contributed by atoms with Crippen molar-refractivity contribution < 1.29 is 0 Å². The molecule has 2 aromatic rings. The Morgan fingerprint density at radius 1 is 1.33 bits per heavy atom. The summed E-state index contributed by atoms with van der Waals surface area (Å²) >= 11 is 0. The molecule has 15 heavy (non-hydrogen) atoms. The molecule has 1 heterocycles. The Morgan fingerprint density at radius 2 is 2.13 bits per heavy atom. The number of rotatable bonds is 3. The highest BCUT2D eigenvalue weighted by Crippen LogP contribution is 2.09. The van der Waals surface area contributed by atoms with Crippen LogP contribution in [0.2, 0.25) is 0 Å². The molecule has 0 unspecified atom stereocenters. The molecule has 2 rings (SSSR count). The van der Waals surface area contributed by atoms with Crippen molar-refractivity contribution in [3.05, 3.63) is 53.3 Å². The highest BCUT2D eigenvalue weighted by molar-refractivity contribution is 5.25. The van der Waals surface area contributed by atoms with E-state index in [0.29, 0.717) is 6.54 Å². The Kier molecular flexibility index (Phi) is 2.83. The van der Waals surface area contributed by atoms with Gasteiger partial charge in [0.2, 0.25) is 0 Å². The van der Waals surface area contributed by atoms with E-state index in [0.717, 1.165) is 12.1 Å². The van der Waals surface area contributed by atoms with Crippen LogP contribution >= 0.6 is 0 Å². The number of hydrogen-bond acceptors (Lipinski definition) is 2. The molecule has 0 radical (unpaired) electrons. The van der Waals surface area contributed by atoms with E-state index in [1.165, 1.54) is 11.1 Å². The van der Waals surface area contributed by atoms with E-state index < -0.39 is 0 Å². The first-order valence-electron chi connectivity index (χ1n) is 5.05. The van der Waals surface area contributed by atoms with Crippen LogP contribution in [0.5, 0.6) is 0 Å². The smallest absolute Gasteiger partial charge is 0.0662 e. The molecule has 1 aromatic heterocycles. The molecular weight excluding hydrogens is 186 g/mol. The molecule has 0 fully saturated rings. The lowest BCUT2D eigenvalue weighted by molar-refractivity contribution is 0.683. The largest absolute Gasteiger partial charge is 0.326 e. The van der Waals surface area contributed by atoms with E-state index in [-0.39, 0.29) is 0 Å². The van der Waals surface area contributed by atoms with Crippen LogP contribution in [-0.2, 0) is 13.1 Å². The zero-order valence-electron chi connectivity index (χ0n) is 8.85. The van der Waals surface area contributed by atoms with Crippen LogP contribution in [0.25, 0.3) is 0 Å². The Hall–Kier alpha value is -1.61. The highest BCUT2D eigenvalue weighted by atomic mass is 15.3. The van der Waals surface area contributed by atoms with Crippen molar-refractivity contribution in [2.24, 2.45) is 5.73 Å². The highest BCUT2D eigenvalue weighted by Gasteiger charge is 2.00. The summed E-state index contributed by atoms with van der Waals surface area (Å²) in [6.07, 6.45) is 3.81. The SMILES string of the molecule is Cc1ccccc1Cn1cc(CN)cn1. The van der Waals surface area contributed by atoms with E-state index in [2.05, 4.69) is 30.2 Å². The Labute approximate surface area is 89.5 Å². The van der Waals surface area contributed by atoms with Gasteiger partial charge in [-0.2, -0.15) is 5.10 Å². The molecular formula is C12H15N3. The van der Waals surface area contributed by atoms with Gasteiger partial charge in [0, 0.05) is 18.3 Å². The first-order chi connectivity index (χ1) is 7.29. The zero-order chi connectivity index (χ0) is 10.7. The van der Waals surface area contributed by atoms with E-state index in [1.807, 2.05) is 23.1 Å². The number of nitrogens with zero attached hydrogens (tertiary/aromatic N) is 2. The maximum absolute atomic E-state index is 5.53. The van der Waals surface area contributed by atoms with Gasteiger partial charge < -0.3 is 5.73 Å². The fourth-order valence-corrected chi connectivity index (χ4v) is 1.56. The van der Waals surface area contributed by atoms with Crippen LogP contribution in [0, 0.1) is 6.92 Å². The third kappa shape index (κ3) is 2.25. The van der Waals surface area contributed by atoms with Gasteiger partial charge >= 0.3 is 0 Å². The first kappa shape index (κ1) is 9.93. The minimum absolute atomic E-state index is 0.549. The van der Waals surface area contributed by atoms with Crippen molar-refractivity contribution in [3.8, 4) is 0 Å². The molecule has 3 heteroatoms. The molecule has 0 aliphatic carbocycles. The number of aryl methyl sites for hydroxylation is 1. The normalized spacial score (nSPS) is 10.5. The van der Waals surface area contributed by atoms with Gasteiger partial charge in [-0.3, -0.25) is 4.68 Å². The molecule has 0 bridgehead atoms. The molecule has 0 saturated heterocycles. The zero-order valence-corrected chi connectivity index (χ0v) is 8.85. The predicted octanol–water partition coefficient (Wildman–Crippen LogP) is 1.70. The summed E-state index contributed by atoms with van der Waals surface area (Å²) in [5, 5.41) is 4.26. The molecule has 78 valence electrons. The third-order valence-corrected chi connectivity index (χ3v) is 2.52. The van der Waals surface area contributed by atoms with Crippen LogP contribution in [0.4, 0.5) is 0 Å². The molecule has 0 aliphatic rings. The molecule has 0 aliphatic heterocycles. The van der Waals surface area contributed by atoms with Gasteiger partial charge in [-0.1, -0.05) is 24.3 Å². The monoisotopic (exact) mass is 201 g/mol. The maximum atomic E-state index is 5.53. The Morgan fingerprint density at radius 3 is 2.80 bits per heavy atom. The molecule has 1 aromatic carbocycles. The van der Waals surface area contributed by atoms with Gasteiger partial charge in [0.25, 0.3) is 0 Å². The van der Waals surface area contributed by atoms with E-state index >= 15 is 0 Å². The van der Waals surface area contributed by atoms with Gasteiger partial charge in [-0.25, -0.2) is 0 Å². The Balaban J connectivity index is 2.18. The number of hydrogen-bond donors (Lipinski definition) is 1. The second-order valence-electron chi connectivity index (χ2n) is 3.68. The van der Waals surface area contributed by atoms with Crippen molar-refractivity contribution in [1.82, 2.24) is 9.78 Å². The van der Waals surface area contributed by atoms with Crippen molar-refractivity contribution in [3.63, 3.8) is 0 Å². The first-order valence-corrected chi connectivity index (χ1v) is 5.05. The van der Waals surface area contributed by atoms with Crippen LogP contribution in [0.3, 0.4) is 0 Å². The fourth-order valence-electron chi connectivity index (χ4n) is 1.56. The van der Waals surface area contributed by atoms with Crippen LogP contribution in [0.1, 0.15) is 16.7 Å². The number of benzene rings is 1. The summed E-state index contributed by atoms with van der Waals surface area (Å²) in [6, 6.07) is 8.34. The van der Waals surface area contributed by atoms with Crippen LogP contribution < -0.4 is 5.73 Å². The van der Waals surface area contributed by atoms with E-state index in [4.69, 9.17) is 5.73 Å². The summed E-state index contributed by atoms with van der Waals surface area (Å²) in [5.74, 6) is 0. The summed E-state index contributed by atoms with van der Waals surface area (Å²) < 4.78 is 1.92. The Bertz CT molecular complexity index is 446. The van der Waals surface area contributed by atoms with Crippen molar-refractivity contribution in [2.45, 2.75) is 20.0 Å². The molecule has 2 N–H and O–H groups in total. The van der Waals surface area contributed by atoms with Gasteiger partial charge in [0.1, 0.15) is 0 Å². The average molecular weight is 201 g/mol. The van der Waals surface area contributed by atoms with Crippen molar-refractivity contribution in [2.75, 3.05) is 0 Å². The maximum Gasteiger partial charge on any atom is 0.0662 e. The van der Waals surface area contributed by atoms with Gasteiger partial charge in [0.05, 0.1) is 12.7 Å². The number of nitrogens with two attached hydrogens (primary N) is 1. The molecule has 3 nitrogen and oxygen atoms in total. The second kappa shape index (κ2) is 4.28.